The van der Waals surface area contributed by atoms with Crippen LogP contribution in [0.3, 0.4) is 0 Å². The molecule has 3 heterocycles. The summed E-state index contributed by atoms with van der Waals surface area (Å²) in [4.78, 5) is 7.04. The van der Waals surface area contributed by atoms with Crippen LogP contribution in [0.2, 0.25) is 0 Å². The molecule has 0 bridgehead atoms. The fraction of sp³-hybridized carbons (Fsp3) is 0.536. The van der Waals surface area contributed by atoms with Gasteiger partial charge in [0.15, 0.2) is 0 Å². The van der Waals surface area contributed by atoms with E-state index in [1.54, 1.807) is 10.7 Å². The van der Waals surface area contributed by atoms with E-state index in [-0.39, 0.29) is 11.9 Å². The van der Waals surface area contributed by atoms with Gasteiger partial charge in [-0.3, -0.25) is 4.72 Å². The van der Waals surface area contributed by atoms with Crippen LogP contribution in [0.25, 0.3) is 17.1 Å². The maximum Gasteiger partial charge on any atom is 0.234 e. The number of aromatic nitrogens is 4. The predicted molar refractivity (Wildman–Crippen MR) is 150 cm³/mol. The Balaban J connectivity index is 1.30. The molecule has 39 heavy (non-hydrogen) atoms. The molecule has 208 valence electrons. The summed E-state index contributed by atoms with van der Waals surface area (Å²) in [6.45, 7) is 3.40. The molecule has 1 saturated heterocycles. The van der Waals surface area contributed by atoms with Gasteiger partial charge in [-0.05, 0) is 93.5 Å². The van der Waals surface area contributed by atoms with Crippen LogP contribution >= 0.6 is 0 Å². The quantitative estimate of drug-likeness (QED) is 0.407. The first-order valence-corrected chi connectivity index (χ1v) is 15.6. The summed E-state index contributed by atoms with van der Waals surface area (Å²) in [7, 11) is -3.64. The molecular weight excluding hydrogens is 516 g/mol. The molecule has 3 aromatic rings. The summed E-state index contributed by atoms with van der Waals surface area (Å²) >= 11 is 0. The molecule has 0 atom stereocenters. The number of aliphatic hydroxyl groups is 1. The lowest BCUT2D eigenvalue weighted by atomic mass is 9.93. The van der Waals surface area contributed by atoms with Crippen LogP contribution in [0.5, 0.6) is 5.88 Å². The standard InChI is InChI=1S/C28H36N6O4S/c1-20-16-23(29-27(17-20)38-22-4-2-3-5-22)24-19-34(32-30-24)25-7-6-21(31-39(36,37)15-14-35)18-26(25)33-12-10-28(8-9-28)11-13-33/h6-7,16-19,22,31,35H,2-5,8-15H2,1H3. The van der Waals surface area contributed by atoms with Gasteiger partial charge in [0.25, 0.3) is 0 Å². The number of aliphatic hydroxyl groups excluding tert-OH is 1. The zero-order chi connectivity index (χ0) is 27.0. The number of benzene rings is 1. The Labute approximate surface area is 229 Å². The van der Waals surface area contributed by atoms with E-state index < -0.39 is 16.6 Å². The Morgan fingerprint density at radius 3 is 2.54 bits per heavy atom. The number of nitrogens with zero attached hydrogens (tertiary/aromatic N) is 5. The summed E-state index contributed by atoms with van der Waals surface area (Å²) < 4.78 is 35.1. The number of sulfonamides is 1. The first-order valence-electron chi connectivity index (χ1n) is 13.9. The second-order valence-electron chi connectivity index (χ2n) is 11.3. The fourth-order valence-electron chi connectivity index (χ4n) is 5.79. The van der Waals surface area contributed by atoms with Gasteiger partial charge in [0.05, 0.1) is 41.3 Å². The van der Waals surface area contributed by atoms with Crippen LogP contribution in [-0.4, -0.2) is 65.1 Å². The SMILES string of the molecule is Cc1cc(OC2CCCC2)nc(-c2cn(-c3ccc(NS(=O)(=O)CCO)cc3N3CCC4(CC3)CC4)nn2)c1. The molecule has 0 unspecified atom stereocenters. The number of ether oxygens (including phenoxy) is 1. The number of hydrogen-bond acceptors (Lipinski definition) is 8. The maximum atomic E-state index is 12.3. The van der Waals surface area contributed by atoms with Gasteiger partial charge < -0.3 is 14.7 Å². The number of piperidine rings is 1. The highest BCUT2D eigenvalue weighted by molar-refractivity contribution is 7.92. The zero-order valence-electron chi connectivity index (χ0n) is 22.3. The van der Waals surface area contributed by atoms with Gasteiger partial charge in [0.1, 0.15) is 11.8 Å². The van der Waals surface area contributed by atoms with Crippen molar-refractivity contribution < 1.29 is 18.3 Å². The first-order chi connectivity index (χ1) is 18.8. The molecule has 0 amide bonds. The van der Waals surface area contributed by atoms with Gasteiger partial charge in [-0.2, -0.15) is 0 Å². The minimum Gasteiger partial charge on any atom is -0.474 e. The third-order valence-electron chi connectivity index (χ3n) is 8.27. The monoisotopic (exact) mass is 552 g/mol. The number of aryl methyl sites for hydroxylation is 1. The molecule has 6 rings (SSSR count). The highest BCUT2D eigenvalue weighted by Gasteiger charge is 2.44. The lowest BCUT2D eigenvalue weighted by Crippen LogP contribution is -2.35. The smallest absolute Gasteiger partial charge is 0.234 e. The molecule has 2 N–H and O–H groups in total. The number of hydrogen-bond donors (Lipinski definition) is 2. The van der Waals surface area contributed by atoms with Crippen molar-refractivity contribution in [3.63, 3.8) is 0 Å². The second kappa shape index (κ2) is 10.4. The number of nitrogens with one attached hydrogen (secondary N) is 1. The Morgan fingerprint density at radius 1 is 1.05 bits per heavy atom. The van der Waals surface area contributed by atoms with Crippen LogP contribution in [0, 0.1) is 12.3 Å². The van der Waals surface area contributed by atoms with Crippen molar-refractivity contribution in [3.05, 3.63) is 42.1 Å². The van der Waals surface area contributed by atoms with Crippen molar-refractivity contribution in [1.82, 2.24) is 20.0 Å². The topological polar surface area (TPSA) is 122 Å². The van der Waals surface area contributed by atoms with E-state index >= 15 is 0 Å². The first kappa shape index (κ1) is 26.1. The van der Waals surface area contributed by atoms with Crippen molar-refractivity contribution in [2.45, 2.75) is 64.4 Å². The second-order valence-corrected chi connectivity index (χ2v) is 13.1. The van der Waals surface area contributed by atoms with Crippen LogP contribution in [-0.2, 0) is 10.0 Å². The summed E-state index contributed by atoms with van der Waals surface area (Å²) in [5.74, 6) is 0.271. The van der Waals surface area contributed by atoms with Crippen LogP contribution in [0.4, 0.5) is 11.4 Å². The van der Waals surface area contributed by atoms with Crippen molar-refractivity contribution in [3.8, 4) is 23.0 Å². The van der Waals surface area contributed by atoms with Crippen LogP contribution in [0.1, 0.15) is 56.9 Å². The Hall–Kier alpha value is -3.18. The van der Waals surface area contributed by atoms with E-state index in [2.05, 4.69) is 19.9 Å². The minimum atomic E-state index is -3.64. The number of rotatable bonds is 9. The van der Waals surface area contributed by atoms with E-state index in [0.29, 0.717) is 28.4 Å². The molecule has 3 aliphatic rings. The van der Waals surface area contributed by atoms with E-state index in [4.69, 9.17) is 14.8 Å². The van der Waals surface area contributed by atoms with E-state index in [1.165, 1.54) is 25.7 Å². The van der Waals surface area contributed by atoms with E-state index in [9.17, 15) is 8.42 Å². The summed E-state index contributed by atoms with van der Waals surface area (Å²) in [6, 6.07) is 9.39. The van der Waals surface area contributed by atoms with Gasteiger partial charge in [0, 0.05) is 19.2 Å². The summed E-state index contributed by atoms with van der Waals surface area (Å²) in [6.07, 6.45) is 11.5. The van der Waals surface area contributed by atoms with Crippen molar-refractivity contribution in [2.75, 3.05) is 35.1 Å². The van der Waals surface area contributed by atoms with Gasteiger partial charge >= 0.3 is 0 Å². The molecule has 1 aliphatic heterocycles. The highest BCUT2D eigenvalue weighted by atomic mass is 32.2. The minimum absolute atomic E-state index is 0.220. The van der Waals surface area contributed by atoms with Gasteiger partial charge in [0.2, 0.25) is 15.9 Å². The van der Waals surface area contributed by atoms with Crippen LogP contribution < -0.4 is 14.4 Å². The van der Waals surface area contributed by atoms with Gasteiger partial charge in [-0.15, -0.1) is 5.10 Å². The third-order valence-corrected chi connectivity index (χ3v) is 9.54. The molecule has 1 aromatic carbocycles. The fourth-order valence-corrected chi connectivity index (χ4v) is 6.61. The van der Waals surface area contributed by atoms with Crippen molar-refractivity contribution >= 4 is 21.4 Å². The zero-order valence-corrected chi connectivity index (χ0v) is 23.2. The van der Waals surface area contributed by atoms with Gasteiger partial charge in [-0.1, -0.05) is 5.21 Å². The molecule has 3 fully saturated rings. The predicted octanol–water partition coefficient (Wildman–Crippen LogP) is 4.07. The van der Waals surface area contributed by atoms with E-state index in [0.717, 1.165) is 55.7 Å². The summed E-state index contributed by atoms with van der Waals surface area (Å²) in [5.41, 5.74) is 5.08. The molecule has 2 aliphatic carbocycles. The van der Waals surface area contributed by atoms with Crippen molar-refractivity contribution in [2.24, 2.45) is 5.41 Å². The summed E-state index contributed by atoms with van der Waals surface area (Å²) in [5, 5.41) is 18.0. The van der Waals surface area contributed by atoms with E-state index in [1.807, 2.05) is 37.4 Å². The molecular formula is C28H36N6O4S. The normalized spacial score (nSPS) is 19.0. The Morgan fingerprint density at radius 2 is 1.82 bits per heavy atom. The van der Waals surface area contributed by atoms with Gasteiger partial charge in [-0.25, -0.2) is 18.1 Å². The molecule has 10 nitrogen and oxygen atoms in total. The largest absolute Gasteiger partial charge is 0.474 e. The average Bonchev–Trinajstić information content (AvgIpc) is 3.27. The number of pyridine rings is 1. The lowest BCUT2D eigenvalue weighted by Gasteiger charge is -2.35. The number of anilines is 2. The molecule has 11 heteroatoms. The molecule has 1 spiro atoms. The lowest BCUT2D eigenvalue weighted by molar-refractivity contribution is 0.201. The molecule has 2 saturated carbocycles. The molecule has 2 aromatic heterocycles. The maximum absolute atomic E-state index is 12.3. The van der Waals surface area contributed by atoms with Crippen molar-refractivity contribution in [1.29, 1.82) is 0 Å². The Bertz CT molecular complexity index is 1440. The Kier molecular flexibility index (Phi) is 6.96. The molecule has 0 radical (unpaired) electrons. The van der Waals surface area contributed by atoms with Crippen LogP contribution in [0.15, 0.2) is 36.5 Å². The highest BCUT2D eigenvalue weighted by Crippen LogP contribution is 2.54. The third kappa shape index (κ3) is 5.89. The average molecular weight is 553 g/mol.